The average Bonchev–Trinajstić information content (AvgIpc) is 2.70. The molecule has 0 saturated heterocycles. The zero-order chi connectivity index (χ0) is 15.8. The van der Waals surface area contributed by atoms with E-state index in [0.29, 0.717) is 12.2 Å². The van der Waals surface area contributed by atoms with Crippen LogP contribution in [0.3, 0.4) is 0 Å². The molecule has 114 valence electrons. The number of alkyl halides is 3. The number of rotatable bonds is 3. The van der Waals surface area contributed by atoms with Crippen molar-refractivity contribution in [2.45, 2.75) is 46.3 Å². The maximum absolute atomic E-state index is 13.1. The van der Waals surface area contributed by atoms with Crippen molar-refractivity contribution in [2.75, 3.05) is 0 Å². The number of hydrogen-bond acceptors (Lipinski definition) is 1. The minimum atomic E-state index is -4.41. The maximum atomic E-state index is 13.1. The van der Waals surface area contributed by atoms with Gasteiger partial charge in [0.25, 0.3) is 0 Å². The van der Waals surface area contributed by atoms with Crippen LogP contribution in [-0.2, 0) is 12.7 Å². The first-order valence-corrected chi connectivity index (χ1v) is 6.90. The molecule has 0 saturated carbocycles. The molecule has 1 aromatic carbocycles. The molecule has 0 amide bonds. The van der Waals surface area contributed by atoms with Gasteiger partial charge in [-0.05, 0) is 25.3 Å². The fourth-order valence-corrected chi connectivity index (χ4v) is 2.48. The van der Waals surface area contributed by atoms with E-state index >= 15 is 0 Å². The van der Waals surface area contributed by atoms with Gasteiger partial charge < -0.3 is 0 Å². The molecule has 2 nitrogen and oxygen atoms in total. The fourth-order valence-electron chi connectivity index (χ4n) is 2.48. The van der Waals surface area contributed by atoms with E-state index in [1.165, 1.54) is 4.68 Å². The van der Waals surface area contributed by atoms with Crippen molar-refractivity contribution in [3.63, 3.8) is 0 Å². The highest BCUT2D eigenvalue weighted by Crippen LogP contribution is 2.36. The van der Waals surface area contributed by atoms with Gasteiger partial charge in [-0.25, -0.2) is 0 Å². The molecular formula is C16H19F3N2. The van der Waals surface area contributed by atoms with Crippen LogP contribution in [0.2, 0.25) is 0 Å². The molecule has 1 heterocycles. The summed E-state index contributed by atoms with van der Waals surface area (Å²) < 4.78 is 40.8. The van der Waals surface area contributed by atoms with Crippen LogP contribution in [0.4, 0.5) is 13.2 Å². The van der Waals surface area contributed by atoms with E-state index in [-0.39, 0.29) is 11.5 Å². The number of aryl methyl sites for hydroxylation is 1. The van der Waals surface area contributed by atoms with E-state index in [1.54, 1.807) is 20.8 Å². The normalized spacial score (nSPS) is 12.2. The number of benzene rings is 1. The molecule has 0 atom stereocenters. The van der Waals surface area contributed by atoms with E-state index in [9.17, 15) is 13.2 Å². The fraction of sp³-hybridized carbons (Fsp3) is 0.438. The van der Waals surface area contributed by atoms with Crippen LogP contribution in [0.5, 0.6) is 0 Å². The van der Waals surface area contributed by atoms with Crippen LogP contribution in [0.15, 0.2) is 24.3 Å². The van der Waals surface area contributed by atoms with Crippen molar-refractivity contribution >= 4 is 0 Å². The number of halogens is 3. The minimum absolute atomic E-state index is 0.214. The smallest absolute Gasteiger partial charge is 0.265 e. The molecule has 21 heavy (non-hydrogen) atoms. The number of aromatic nitrogens is 2. The first kappa shape index (κ1) is 15.6. The Bertz CT molecular complexity index is 622. The van der Waals surface area contributed by atoms with Crippen molar-refractivity contribution in [2.24, 2.45) is 0 Å². The SMILES string of the molecule is Cc1ccc(Cn2nc(C(F)(F)F)c(C(C)C)c2C)cc1. The molecule has 2 rings (SSSR count). The number of hydrogen-bond donors (Lipinski definition) is 0. The van der Waals surface area contributed by atoms with E-state index in [1.807, 2.05) is 31.2 Å². The third-order valence-corrected chi connectivity index (χ3v) is 3.55. The monoisotopic (exact) mass is 296 g/mol. The largest absolute Gasteiger partial charge is 0.435 e. The molecule has 0 radical (unpaired) electrons. The van der Waals surface area contributed by atoms with Gasteiger partial charge in [0.1, 0.15) is 0 Å². The van der Waals surface area contributed by atoms with Crippen LogP contribution < -0.4 is 0 Å². The third kappa shape index (κ3) is 3.28. The number of nitrogens with zero attached hydrogens (tertiary/aromatic N) is 2. The van der Waals surface area contributed by atoms with E-state index in [2.05, 4.69) is 5.10 Å². The Morgan fingerprint density at radius 3 is 2.10 bits per heavy atom. The summed E-state index contributed by atoms with van der Waals surface area (Å²) >= 11 is 0. The lowest BCUT2D eigenvalue weighted by molar-refractivity contribution is -0.142. The van der Waals surface area contributed by atoms with E-state index in [4.69, 9.17) is 0 Å². The summed E-state index contributed by atoms with van der Waals surface area (Å²) in [4.78, 5) is 0. The van der Waals surface area contributed by atoms with Gasteiger partial charge in [0.15, 0.2) is 5.69 Å². The molecule has 0 fully saturated rings. The van der Waals surface area contributed by atoms with Crippen LogP contribution in [0, 0.1) is 13.8 Å². The second kappa shape index (κ2) is 5.54. The van der Waals surface area contributed by atoms with Crippen LogP contribution >= 0.6 is 0 Å². The Morgan fingerprint density at radius 1 is 1.10 bits per heavy atom. The van der Waals surface area contributed by atoms with Gasteiger partial charge in [-0.15, -0.1) is 0 Å². The second-order valence-corrected chi connectivity index (χ2v) is 5.64. The van der Waals surface area contributed by atoms with Crippen molar-refractivity contribution in [3.05, 3.63) is 52.3 Å². The maximum Gasteiger partial charge on any atom is 0.435 e. The van der Waals surface area contributed by atoms with Gasteiger partial charge in [-0.1, -0.05) is 43.7 Å². The van der Waals surface area contributed by atoms with E-state index in [0.717, 1.165) is 11.1 Å². The lowest BCUT2D eigenvalue weighted by atomic mass is 10.0. The van der Waals surface area contributed by atoms with E-state index < -0.39 is 11.9 Å². The zero-order valence-electron chi connectivity index (χ0n) is 12.6. The summed E-state index contributed by atoms with van der Waals surface area (Å²) in [7, 11) is 0. The molecule has 0 aliphatic rings. The van der Waals surface area contributed by atoms with Crippen molar-refractivity contribution in [1.29, 1.82) is 0 Å². The van der Waals surface area contributed by atoms with Crippen LogP contribution in [0.25, 0.3) is 0 Å². The average molecular weight is 296 g/mol. The Morgan fingerprint density at radius 2 is 1.67 bits per heavy atom. The molecule has 0 N–H and O–H groups in total. The molecule has 0 aliphatic carbocycles. The van der Waals surface area contributed by atoms with Crippen molar-refractivity contribution in [3.8, 4) is 0 Å². The molecular weight excluding hydrogens is 277 g/mol. The highest BCUT2D eigenvalue weighted by Gasteiger charge is 2.39. The summed E-state index contributed by atoms with van der Waals surface area (Å²) in [5.74, 6) is -0.214. The van der Waals surface area contributed by atoms with Gasteiger partial charge in [0.05, 0.1) is 6.54 Å². The summed E-state index contributed by atoms with van der Waals surface area (Å²) in [6.45, 7) is 7.54. The van der Waals surface area contributed by atoms with Gasteiger partial charge in [0, 0.05) is 11.3 Å². The third-order valence-electron chi connectivity index (χ3n) is 3.55. The summed E-state index contributed by atoms with van der Waals surface area (Å²) in [6.07, 6.45) is -4.41. The van der Waals surface area contributed by atoms with Crippen molar-refractivity contribution in [1.82, 2.24) is 9.78 Å². The Balaban J connectivity index is 2.43. The van der Waals surface area contributed by atoms with Crippen LogP contribution in [-0.4, -0.2) is 9.78 Å². The topological polar surface area (TPSA) is 17.8 Å². The highest BCUT2D eigenvalue weighted by molar-refractivity contribution is 5.32. The lowest BCUT2D eigenvalue weighted by Gasteiger charge is -2.09. The van der Waals surface area contributed by atoms with Gasteiger partial charge in [0.2, 0.25) is 0 Å². The minimum Gasteiger partial charge on any atom is -0.265 e. The van der Waals surface area contributed by atoms with Crippen LogP contribution in [0.1, 0.15) is 47.8 Å². The first-order chi connectivity index (χ1) is 9.70. The van der Waals surface area contributed by atoms with Crippen molar-refractivity contribution < 1.29 is 13.2 Å². The lowest BCUT2D eigenvalue weighted by Crippen LogP contribution is -2.10. The summed E-state index contributed by atoms with van der Waals surface area (Å²) in [5, 5.41) is 3.81. The Labute approximate surface area is 122 Å². The Hall–Kier alpha value is -1.78. The second-order valence-electron chi connectivity index (χ2n) is 5.64. The molecule has 0 unspecified atom stereocenters. The predicted octanol–water partition coefficient (Wildman–Crippen LogP) is 4.69. The first-order valence-electron chi connectivity index (χ1n) is 6.90. The summed E-state index contributed by atoms with van der Waals surface area (Å²) in [5.41, 5.74) is 2.17. The molecule has 5 heteroatoms. The van der Waals surface area contributed by atoms with Gasteiger partial charge in [-0.3, -0.25) is 4.68 Å². The summed E-state index contributed by atoms with van der Waals surface area (Å²) in [6, 6.07) is 7.72. The quantitative estimate of drug-likeness (QED) is 0.803. The van der Waals surface area contributed by atoms with Gasteiger partial charge >= 0.3 is 6.18 Å². The highest BCUT2D eigenvalue weighted by atomic mass is 19.4. The predicted molar refractivity (Wildman–Crippen MR) is 76.3 cm³/mol. The zero-order valence-corrected chi connectivity index (χ0v) is 12.6. The van der Waals surface area contributed by atoms with Gasteiger partial charge in [-0.2, -0.15) is 18.3 Å². The molecule has 0 aliphatic heterocycles. The molecule has 0 bridgehead atoms. The Kier molecular flexibility index (Phi) is 4.12. The standard InChI is InChI=1S/C16H19F3N2/c1-10(2)14-12(4)21(20-15(14)16(17,18)19)9-13-7-5-11(3)6-8-13/h5-8,10H,9H2,1-4H3. The molecule has 0 spiro atoms. The molecule has 2 aromatic rings. The molecule has 1 aromatic heterocycles.